The molecule has 0 radical (unpaired) electrons. The number of carbonyl (C=O) groups excluding carboxylic acids is 1. The molecule has 1 fully saturated rings. The molecular formula is C18H21BrClN5O. The highest BCUT2D eigenvalue weighted by molar-refractivity contribution is 9.10. The van der Waals surface area contributed by atoms with Gasteiger partial charge in [-0.15, -0.1) is 0 Å². The topological polar surface area (TPSA) is 52.6 Å². The van der Waals surface area contributed by atoms with Crippen molar-refractivity contribution in [3.05, 3.63) is 45.8 Å². The molecule has 1 saturated heterocycles. The summed E-state index contributed by atoms with van der Waals surface area (Å²) >= 11 is 9.48. The third-order valence-electron chi connectivity index (χ3n) is 4.10. The summed E-state index contributed by atoms with van der Waals surface area (Å²) in [6.07, 6.45) is 1.61. The fourth-order valence-electron chi connectivity index (χ4n) is 2.88. The molecule has 0 aliphatic carbocycles. The van der Waals surface area contributed by atoms with Crippen LogP contribution in [-0.2, 0) is 0 Å². The lowest BCUT2D eigenvalue weighted by Crippen LogP contribution is -2.48. The van der Waals surface area contributed by atoms with Crippen LogP contribution in [0.5, 0.6) is 0 Å². The average molecular weight is 439 g/mol. The second kappa shape index (κ2) is 7.80. The number of hydrazine groups is 1. The first-order valence-corrected chi connectivity index (χ1v) is 9.65. The number of hydrogen-bond donors (Lipinski definition) is 0. The van der Waals surface area contributed by atoms with E-state index in [0.717, 1.165) is 5.69 Å². The Morgan fingerprint density at radius 1 is 1.27 bits per heavy atom. The van der Waals surface area contributed by atoms with Crippen LogP contribution < -0.4 is 9.91 Å². The van der Waals surface area contributed by atoms with Gasteiger partial charge >= 0.3 is 6.03 Å². The molecule has 0 atom stereocenters. The Bertz CT molecular complexity index is 799. The van der Waals surface area contributed by atoms with Gasteiger partial charge in [0.2, 0.25) is 5.28 Å². The number of urea groups is 1. The highest BCUT2D eigenvalue weighted by atomic mass is 79.9. The summed E-state index contributed by atoms with van der Waals surface area (Å²) in [6.45, 7) is 8.06. The van der Waals surface area contributed by atoms with Crippen LogP contribution in [0.1, 0.15) is 19.4 Å². The molecule has 138 valence electrons. The Balaban J connectivity index is 1.91. The molecule has 1 aromatic heterocycles. The van der Waals surface area contributed by atoms with E-state index in [0.29, 0.717) is 35.8 Å². The van der Waals surface area contributed by atoms with Crippen molar-refractivity contribution in [3.63, 3.8) is 0 Å². The molecule has 1 aliphatic heterocycles. The second-order valence-electron chi connectivity index (χ2n) is 6.68. The van der Waals surface area contributed by atoms with Gasteiger partial charge in [0.1, 0.15) is 0 Å². The zero-order chi connectivity index (χ0) is 18.8. The van der Waals surface area contributed by atoms with E-state index in [-0.39, 0.29) is 11.3 Å². The number of carbonyl (C=O) groups is 1. The third kappa shape index (κ3) is 3.94. The molecule has 0 saturated carbocycles. The number of benzene rings is 1. The van der Waals surface area contributed by atoms with Crippen LogP contribution >= 0.6 is 27.5 Å². The molecule has 0 unspecified atom stereocenters. The van der Waals surface area contributed by atoms with Gasteiger partial charge in [0.05, 0.1) is 11.0 Å². The number of aryl methyl sites for hydroxylation is 1. The predicted molar refractivity (Wildman–Crippen MR) is 108 cm³/mol. The van der Waals surface area contributed by atoms with E-state index in [1.807, 2.05) is 36.2 Å². The first-order chi connectivity index (χ1) is 12.4. The Kier molecular flexibility index (Phi) is 5.67. The number of amides is 2. The van der Waals surface area contributed by atoms with Gasteiger partial charge in [-0.1, -0.05) is 31.5 Å². The minimum absolute atomic E-state index is 0.0730. The SMILES string of the molecule is Cc1ccc(N2CCN(N(CC(C)C)c3nc(Cl)ncc3Br)C2=O)cc1. The second-order valence-corrected chi connectivity index (χ2v) is 7.87. The van der Waals surface area contributed by atoms with Crippen molar-refractivity contribution in [3.8, 4) is 0 Å². The van der Waals surface area contributed by atoms with Crippen molar-refractivity contribution >= 4 is 45.1 Å². The van der Waals surface area contributed by atoms with Gasteiger partial charge in [0, 0.05) is 25.0 Å². The van der Waals surface area contributed by atoms with Crippen LogP contribution in [0.4, 0.5) is 16.3 Å². The quantitative estimate of drug-likeness (QED) is 0.644. The van der Waals surface area contributed by atoms with Gasteiger partial charge in [0.15, 0.2) is 5.82 Å². The lowest BCUT2D eigenvalue weighted by atomic mass is 10.2. The van der Waals surface area contributed by atoms with Crippen molar-refractivity contribution in [2.75, 3.05) is 29.5 Å². The smallest absolute Gasteiger partial charge is 0.291 e. The molecule has 0 spiro atoms. The van der Waals surface area contributed by atoms with Crippen LogP contribution in [0, 0.1) is 12.8 Å². The molecular weight excluding hydrogens is 418 g/mol. The highest BCUT2D eigenvalue weighted by Crippen LogP contribution is 2.30. The fourth-order valence-corrected chi connectivity index (χ4v) is 3.40. The number of anilines is 2. The molecule has 26 heavy (non-hydrogen) atoms. The molecule has 2 amide bonds. The van der Waals surface area contributed by atoms with E-state index in [1.54, 1.807) is 16.1 Å². The molecule has 3 rings (SSSR count). The highest BCUT2D eigenvalue weighted by Gasteiger charge is 2.35. The van der Waals surface area contributed by atoms with Gasteiger partial charge in [-0.05, 0) is 52.5 Å². The normalized spacial score (nSPS) is 14.5. The summed E-state index contributed by atoms with van der Waals surface area (Å²) in [5.74, 6) is 0.926. The van der Waals surface area contributed by atoms with Crippen LogP contribution in [0.3, 0.4) is 0 Å². The minimum atomic E-state index is -0.0730. The maximum absolute atomic E-state index is 13.1. The van der Waals surface area contributed by atoms with E-state index in [1.165, 1.54) is 5.56 Å². The van der Waals surface area contributed by atoms with Gasteiger partial charge in [-0.2, -0.15) is 4.98 Å². The largest absolute Gasteiger partial charge is 0.343 e. The van der Waals surface area contributed by atoms with Crippen LogP contribution in [0.25, 0.3) is 0 Å². The van der Waals surface area contributed by atoms with Gasteiger partial charge < -0.3 is 0 Å². The summed E-state index contributed by atoms with van der Waals surface area (Å²) in [5.41, 5.74) is 2.06. The number of rotatable bonds is 5. The van der Waals surface area contributed by atoms with Crippen LogP contribution in [0.2, 0.25) is 5.28 Å². The standard InChI is InChI=1S/C18H21BrClN5O/c1-12(2)11-25(16-15(19)10-21-17(20)22-16)24-9-8-23(18(24)26)14-6-4-13(3)5-7-14/h4-7,10,12H,8-9,11H2,1-3H3. The number of aromatic nitrogens is 2. The third-order valence-corrected chi connectivity index (χ3v) is 4.84. The van der Waals surface area contributed by atoms with Gasteiger partial charge in [-0.25, -0.2) is 14.8 Å². The zero-order valence-electron chi connectivity index (χ0n) is 15.0. The Labute approximate surface area is 166 Å². The van der Waals surface area contributed by atoms with E-state index in [2.05, 4.69) is 39.7 Å². The molecule has 0 bridgehead atoms. The van der Waals surface area contributed by atoms with Crippen molar-refractivity contribution in [2.24, 2.45) is 5.92 Å². The zero-order valence-corrected chi connectivity index (χ0v) is 17.3. The summed E-state index contributed by atoms with van der Waals surface area (Å²) in [6, 6.07) is 7.90. The molecule has 2 heterocycles. The van der Waals surface area contributed by atoms with E-state index in [4.69, 9.17) is 11.6 Å². The lowest BCUT2D eigenvalue weighted by molar-refractivity contribution is 0.213. The first kappa shape index (κ1) is 18.9. The lowest BCUT2D eigenvalue weighted by Gasteiger charge is -2.34. The first-order valence-electron chi connectivity index (χ1n) is 8.48. The number of halogens is 2. The van der Waals surface area contributed by atoms with E-state index < -0.39 is 0 Å². The van der Waals surface area contributed by atoms with Crippen molar-refractivity contribution in [2.45, 2.75) is 20.8 Å². The Hall–Kier alpha value is -1.86. The van der Waals surface area contributed by atoms with Crippen LogP contribution in [0.15, 0.2) is 34.9 Å². The summed E-state index contributed by atoms with van der Waals surface area (Å²) in [5, 5.41) is 3.77. The Morgan fingerprint density at radius 2 is 1.96 bits per heavy atom. The Morgan fingerprint density at radius 3 is 2.62 bits per heavy atom. The summed E-state index contributed by atoms with van der Waals surface area (Å²) in [7, 11) is 0. The minimum Gasteiger partial charge on any atom is -0.291 e. The van der Waals surface area contributed by atoms with Crippen LogP contribution in [-0.4, -0.2) is 40.6 Å². The maximum atomic E-state index is 13.1. The van der Waals surface area contributed by atoms with Gasteiger partial charge in [-0.3, -0.25) is 9.91 Å². The van der Waals surface area contributed by atoms with Crippen molar-refractivity contribution in [1.29, 1.82) is 0 Å². The summed E-state index contributed by atoms with van der Waals surface area (Å²) in [4.78, 5) is 23.2. The summed E-state index contributed by atoms with van der Waals surface area (Å²) < 4.78 is 0.698. The van der Waals surface area contributed by atoms with Crippen molar-refractivity contribution in [1.82, 2.24) is 15.0 Å². The number of nitrogens with zero attached hydrogens (tertiary/aromatic N) is 5. The maximum Gasteiger partial charge on any atom is 0.343 e. The monoisotopic (exact) mass is 437 g/mol. The van der Waals surface area contributed by atoms with Gasteiger partial charge in [0.25, 0.3) is 0 Å². The van der Waals surface area contributed by atoms with Crippen molar-refractivity contribution < 1.29 is 4.79 Å². The molecule has 8 heteroatoms. The predicted octanol–water partition coefficient (Wildman–Crippen LogP) is 4.52. The molecule has 6 nitrogen and oxygen atoms in total. The molecule has 0 N–H and O–H groups in total. The molecule has 2 aromatic rings. The van der Waals surface area contributed by atoms with E-state index in [9.17, 15) is 4.79 Å². The molecule has 1 aliphatic rings. The molecule has 1 aromatic carbocycles. The fraction of sp³-hybridized carbons (Fsp3) is 0.389. The number of hydrogen-bond acceptors (Lipinski definition) is 4. The average Bonchev–Trinajstić information content (AvgIpc) is 2.97. The van der Waals surface area contributed by atoms with E-state index >= 15 is 0 Å².